The molecular weight excluding hydrogens is 339 g/mol. The van der Waals surface area contributed by atoms with Crippen LogP contribution in [0.3, 0.4) is 0 Å². The second kappa shape index (κ2) is 8.27. The standard InChI is InChI=1S/C16H20BrFO3/c1-4-21-16(20)10(2)8-12-6-5-7-13(15(12)18)11(3)14(19)9-17/h5-7,10-11H,4,8-9H2,1-3H3. The van der Waals surface area contributed by atoms with Crippen LogP contribution in [0.5, 0.6) is 0 Å². The van der Waals surface area contributed by atoms with Gasteiger partial charge in [-0.05, 0) is 24.5 Å². The number of ether oxygens (including phenoxy) is 1. The van der Waals surface area contributed by atoms with E-state index in [1.807, 2.05) is 0 Å². The van der Waals surface area contributed by atoms with Crippen molar-refractivity contribution in [2.45, 2.75) is 33.1 Å². The minimum atomic E-state index is -0.512. The van der Waals surface area contributed by atoms with Crippen LogP contribution in [0.4, 0.5) is 4.39 Å². The Hall–Kier alpha value is -1.23. The molecule has 0 aliphatic carbocycles. The van der Waals surface area contributed by atoms with Crippen LogP contribution >= 0.6 is 15.9 Å². The lowest BCUT2D eigenvalue weighted by Gasteiger charge is -2.15. The molecule has 2 atom stereocenters. The second-order valence-electron chi connectivity index (χ2n) is 5.00. The first-order valence-corrected chi connectivity index (χ1v) is 8.07. The molecule has 0 saturated carbocycles. The SMILES string of the molecule is CCOC(=O)C(C)Cc1cccc(C(C)C(=O)CBr)c1F. The topological polar surface area (TPSA) is 43.4 Å². The highest BCUT2D eigenvalue weighted by Gasteiger charge is 2.22. The predicted octanol–water partition coefficient (Wildman–Crippen LogP) is 3.63. The van der Waals surface area contributed by atoms with Crippen molar-refractivity contribution in [2.24, 2.45) is 5.92 Å². The number of carbonyl (C=O) groups excluding carboxylic acids is 2. The van der Waals surface area contributed by atoms with E-state index in [4.69, 9.17) is 4.74 Å². The van der Waals surface area contributed by atoms with Crippen molar-refractivity contribution in [3.63, 3.8) is 0 Å². The summed E-state index contributed by atoms with van der Waals surface area (Å²) in [7, 11) is 0. The van der Waals surface area contributed by atoms with E-state index in [1.165, 1.54) is 0 Å². The van der Waals surface area contributed by atoms with Crippen LogP contribution in [0.15, 0.2) is 18.2 Å². The number of ketones is 1. The molecule has 0 amide bonds. The van der Waals surface area contributed by atoms with Crippen LogP contribution in [-0.2, 0) is 20.7 Å². The first kappa shape index (κ1) is 17.8. The summed E-state index contributed by atoms with van der Waals surface area (Å²) >= 11 is 3.10. The number of carbonyl (C=O) groups is 2. The average molecular weight is 359 g/mol. The van der Waals surface area contributed by atoms with Gasteiger partial charge in [-0.25, -0.2) is 4.39 Å². The molecule has 0 fully saturated rings. The van der Waals surface area contributed by atoms with E-state index >= 15 is 0 Å². The molecule has 0 saturated heterocycles. The molecule has 1 rings (SSSR count). The quantitative estimate of drug-likeness (QED) is 0.552. The Kier molecular flexibility index (Phi) is 7.02. The van der Waals surface area contributed by atoms with Gasteiger partial charge in [-0.1, -0.05) is 48.0 Å². The van der Waals surface area contributed by atoms with Crippen molar-refractivity contribution in [1.29, 1.82) is 0 Å². The Morgan fingerprint density at radius 3 is 2.57 bits per heavy atom. The normalized spacial score (nSPS) is 13.6. The molecule has 1 aromatic carbocycles. The van der Waals surface area contributed by atoms with Crippen molar-refractivity contribution in [3.8, 4) is 0 Å². The van der Waals surface area contributed by atoms with Crippen LogP contribution in [0.1, 0.15) is 37.8 Å². The van der Waals surface area contributed by atoms with Gasteiger partial charge >= 0.3 is 5.97 Å². The zero-order valence-electron chi connectivity index (χ0n) is 12.5. The van der Waals surface area contributed by atoms with Crippen molar-refractivity contribution in [2.75, 3.05) is 11.9 Å². The molecule has 0 bridgehead atoms. The molecule has 0 heterocycles. The van der Waals surface area contributed by atoms with Crippen molar-refractivity contribution in [1.82, 2.24) is 0 Å². The van der Waals surface area contributed by atoms with Gasteiger partial charge < -0.3 is 4.74 Å². The van der Waals surface area contributed by atoms with E-state index in [9.17, 15) is 14.0 Å². The first-order chi connectivity index (χ1) is 9.92. The number of esters is 1. The zero-order valence-corrected chi connectivity index (χ0v) is 14.1. The number of Topliss-reactive ketones (excluding diaryl/α,β-unsaturated/α-hetero) is 1. The Morgan fingerprint density at radius 1 is 1.33 bits per heavy atom. The Balaban J connectivity index is 2.95. The molecule has 0 spiro atoms. The van der Waals surface area contributed by atoms with E-state index in [-0.39, 0.29) is 23.5 Å². The Morgan fingerprint density at radius 2 is 2.00 bits per heavy atom. The van der Waals surface area contributed by atoms with Crippen LogP contribution in [0, 0.1) is 11.7 Å². The summed E-state index contributed by atoms with van der Waals surface area (Å²) in [6, 6.07) is 4.96. The summed E-state index contributed by atoms with van der Waals surface area (Å²) in [4.78, 5) is 23.3. The summed E-state index contributed by atoms with van der Waals surface area (Å²) in [5.74, 6) is -1.76. The highest BCUT2D eigenvalue weighted by Crippen LogP contribution is 2.24. The number of hydrogen-bond donors (Lipinski definition) is 0. The maximum absolute atomic E-state index is 14.5. The van der Waals surface area contributed by atoms with Gasteiger partial charge in [-0.2, -0.15) is 0 Å². The number of alkyl halides is 1. The molecule has 0 N–H and O–H groups in total. The number of hydrogen-bond acceptors (Lipinski definition) is 3. The maximum atomic E-state index is 14.5. The predicted molar refractivity (Wildman–Crippen MR) is 83.1 cm³/mol. The second-order valence-corrected chi connectivity index (χ2v) is 5.56. The summed E-state index contributed by atoms with van der Waals surface area (Å²) in [6.07, 6.45) is 0.258. The lowest BCUT2D eigenvalue weighted by atomic mass is 9.92. The Labute approximate surface area is 133 Å². The summed E-state index contributed by atoms with van der Waals surface area (Å²) in [5, 5.41) is 0.192. The molecule has 21 heavy (non-hydrogen) atoms. The Bertz CT molecular complexity index is 516. The molecule has 116 valence electrons. The number of benzene rings is 1. The molecule has 3 nitrogen and oxygen atoms in total. The fourth-order valence-corrected chi connectivity index (χ4v) is 2.56. The number of halogens is 2. The van der Waals surface area contributed by atoms with Crippen molar-refractivity contribution in [3.05, 3.63) is 35.1 Å². The van der Waals surface area contributed by atoms with Crippen LogP contribution in [-0.4, -0.2) is 23.7 Å². The highest BCUT2D eigenvalue weighted by molar-refractivity contribution is 9.09. The lowest BCUT2D eigenvalue weighted by Crippen LogP contribution is -2.18. The van der Waals surface area contributed by atoms with Gasteiger partial charge in [0, 0.05) is 5.92 Å². The van der Waals surface area contributed by atoms with Crippen molar-refractivity contribution >= 4 is 27.7 Å². The van der Waals surface area contributed by atoms with Gasteiger partial charge in [0.1, 0.15) is 5.82 Å². The van der Waals surface area contributed by atoms with Gasteiger partial charge in [0.05, 0.1) is 17.9 Å². The maximum Gasteiger partial charge on any atom is 0.308 e. The zero-order chi connectivity index (χ0) is 16.0. The fraction of sp³-hybridized carbons (Fsp3) is 0.500. The monoisotopic (exact) mass is 358 g/mol. The molecule has 2 unspecified atom stereocenters. The van der Waals surface area contributed by atoms with Gasteiger partial charge in [0.15, 0.2) is 5.78 Å². The van der Waals surface area contributed by atoms with E-state index < -0.39 is 17.7 Å². The molecule has 0 aliphatic heterocycles. The molecule has 1 aromatic rings. The minimum absolute atomic E-state index is 0.0792. The summed E-state index contributed by atoms with van der Waals surface area (Å²) in [6.45, 7) is 5.43. The highest BCUT2D eigenvalue weighted by atomic mass is 79.9. The first-order valence-electron chi connectivity index (χ1n) is 6.94. The van der Waals surface area contributed by atoms with Crippen LogP contribution in [0.2, 0.25) is 0 Å². The number of rotatable bonds is 7. The largest absolute Gasteiger partial charge is 0.466 e. The smallest absolute Gasteiger partial charge is 0.308 e. The molecule has 0 aromatic heterocycles. The van der Waals surface area contributed by atoms with E-state index in [2.05, 4.69) is 15.9 Å². The summed E-state index contributed by atoms with van der Waals surface area (Å²) in [5.41, 5.74) is 0.801. The third-order valence-electron chi connectivity index (χ3n) is 3.40. The van der Waals surface area contributed by atoms with E-state index in [0.29, 0.717) is 17.7 Å². The van der Waals surface area contributed by atoms with Gasteiger partial charge in [-0.15, -0.1) is 0 Å². The van der Waals surface area contributed by atoms with Crippen LogP contribution in [0.25, 0.3) is 0 Å². The average Bonchev–Trinajstić information content (AvgIpc) is 2.48. The lowest BCUT2D eigenvalue weighted by molar-refractivity contribution is -0.147. The third-order valence-corrected chi connectivity index (χ3v) is 3.96. The van der Waals surface area contributed by atoms with E-state index in [1.54, 1.807) is 39.0 Å². The molecular formula is C16H20BrFO3. The van der Waals surface area contributed by atoms with Gasteiger partial charge in [0.25, 0.3) is 0 Å². The molecule has 0 aliphatic rings. The molecule has 0 radical (unpaired) electrons. The van der Waals surface area contributed by atoms with Gasteiger partial charge in [-0.3, -0.25) is 9.59 Å². The van der Waals surface area contributed by atoms with E-state index in [0.717, 1.165) is 0 Å². The third kappa shape index (κ3) is 4.63. The summed E-state index contributed by atoms with van der Waals surface area (Å²) < 4.78 is 19.4. The van der Waals surface area contributed by atoms with Crippen LogP contribution < -0.4 is 0 Å². The minimum Gasteiger partial charge on any atom is -0.466 e. The van der Waals surface area contributed by atoms with Crippen molar-refractivity contribution < 1.29 is 18.7 Å². The molecule has 5 heteroatoms. The fourth-order valence-electron chi connectivity index (χ4n) is 2.08. The van der Waals surface area contributed by atoms with Gasteiger partial charge in [0.2, 0.25) is 0 Å².